The fourth-order valence-electron chi connectivity index (χ4n) is 4.37. The number of aryl methyl sites for hydroxylation is 1. The molecule has 2 aromatic carbocycles. The van der Waals surface area contributed by atoms with Gasteiger partial charge in [0.2, 0.25) is 10.0 Å². The second kappa shape index (κ2) is 8.78. The molecule has 1 amide bonds. The summed E-state index contributed by atoms with van der Waals surface area (Å²) in [5, 5.41) is 3.07. The first kappa shape index (κ1) is 22.3. The van der Waals surface area contributed by atoms with Gasteiger partial charge in [0.25, 0.3) is 5.91 Å². The van der Waals surface area contributed by atoms with Gasteiger partial charge in [0.1, 0.15) is 5.75 Å². The third-order valence-corrected chi connectivity index (χ3v) is 7.81. The highest BCUT2D eigenvalue weighted by Gasteiger charge is 2.38. The molecule has 1 aliphatic carbocycles. The van der Waals surface area contributed by atoms with Crippen molar-refractivity contribution in [3.05, 3.63) is 58.7 Å². The number of sulfonamides is 1. The third-order valence-electron chi connectivity index (χ3n) is 6.27. The van der Waals surface area contributed by atoms with Crippen molar-refractivity contribution >= 4 is 15.9 Å². The van der Waals surface area contributed by atoms with Crippen LogP contribution in [0.2, 0.25) is 0 Å². The number of hydrogen-bond donors (Lipinski definition) is 2. The predicted octanol–water partition coefficient (Wildman–Crippen LogP) is 3.46. The zero-order valence-corrected chi connectivity index (χ0v) is 18.9. The molecule has 0 unspecified atom stereocenters. The summed E-state index contributed by atoms with van der Waals surface area (Å²) in [7, 11) is -0.614. The van der Waals surface area contributed by atoms with Gasteiger partial charge in [-0.1, -0.05) is 31.0 Å². The monoisotopic (exact) mass is 430 g/mol. The quantitative estimate of drug-likeness (QED) is 0.705. The Morgan fingerprint density at radius 2 is 1.80 bits per heavy atom. The molecule has 0 aromatic heterocycles. The molecule has 0 atom stereocenters. The highest BCUT2D eigenvalue weighted by atomic mass is 32.2. The first-order valence-electron chi connectivity index (χ1n) is 10.2. The summed E-state index contributed by atoms with van der Waals surface area (Å²) in [4.78, 5) is 13.1. The zero-order chi connectivity index (χ0) is 21.9. The van der Waals surface area contributed by atoms with Gasteiger partial charge >= 0.3 is 0 Å². The molecule has 7 heteroatoms. The van der Waals surface area contributed by atoms with Crippen molar-refractivity contribution in [2.75, 3.05) is 20.7 Å². The molecule has 0 aliphatic heterocycles. The predicted molar refractivity (Wildman–Crippen MR) is 118 cm³/mol. The van der Waals surface area contributed by atoms with Crippen molar-refractivity contribution in [1.29, 1.82) is 0 Å². The van der Waals surface area contributed by atoms with Crippen molar-refractivity contribution in [2.24, 2.45) is 0 Å². The SMILES string of the molecule is CNS(=O)(=O)c1cc(C(=O)NCC2(c3ccccc3OC)CCCC2)cc(C)c1C. The lowest BCUT2D eigenvalue weighted by Gasteiger charge is -2.31. The van der Waals surface area contributed by atoms with E-state index in [-0.39, 0.29) is 16.2 Å². The number of ether oxygens (including phenoxy) is 1. The molecule has 0 radical (unpaired) electrons. The Bertz CT molecular complexity index is 1040. The molecule has 6 nitrogen and oxygen atoms in total. The van der Waals surface area contributed by atoms with Crippen molar-refractivity contribution < 1.29 is 17.9 Å². The minimum atomic E-state index is -3.65. The Balaban J connectivity index is 1.89. The molecular formula is C23H30N2O4S. The maximum atomic E-state index is 13.0. The number of carbonyl (C=O) groups excluding carboxylic acids is 1. The van der Waals surface area contributed by atoms with Crippen molar-refractivity contribution in [1.82, 2.24) is 10.0 Å². The summed E-state index contributed by atoms with van der Waals surface area (Å²) in [6.07, 6.45) is 4.14. The van der Waals surface area contributed by atoms with Crippen LogP contribution in [0.5, 0.6) is 5.75 Å². The second-order valence-corrected chi connectivity index (χ2v) is 9.85. The molecule has 2 N–H and O–H groups in total. The smallest absolute Gasteiger partial charge is 0.251 e. The van der Waals surface area contributed by atoms with E-state index in [4.69, 9.17) is 4.74 Å². The average molecular weight is 431 g/mol. The van der Waals surface area contributed by atoms with E-state index < -0.39 is 10.0 Å². The van der Waals surface area contributed by atoms with Crippen molar-refractivity contribution in [3.8, 4) is 5.75 Å². The van der Waals surface area contributed by atoms with Gasteiger partial charge < -0.3 is 10.1 Å². The first-order chi connectivity index (χ1) is 14.2. The van der Waals surface area contributed by atoms with E-state index in [0.29, 0.717) is 17.7 Å². The first-order valence-corrected chi connectivity index (χ1v) is 11.7. The molecule has 0 bridgehead atoms. The van der Waals surface area contributed by atoms with Gasteiger partial charge in [-0.25, -0.2) is 13.1 Å². The fourth-order valence-corrected chi connectivity index (χ4v) is 5.44. The van der Waals surface area contributed by atoms with Gasteiger partial charge in [-0.15, -0.1) is 0 Å². The molecule has 162 valence electrons. The summed E-state index contributed by atoms with van der Waals surface area (Å²) in [6, 6.07) is 11.2. The Labute approximate surface area is 179 Å². The van der Waals surface area contributed by atoms with E-state index in [1.54, 1.807) is 20.1 Å². The van der Waals surface area contributed by atoms with Crippen LogP contribution in [0.15, 0.2) is 41.3 Å². The van der Waals surface area contributed by atoms with Crippen molar-refractivity contribution in [2.45, 2.75) is 49.8 Å². The topological polar surface area (TPSA) is 84.5 Å². The average Bonchev–Trinajstić information content (AvgIpc) is 3.23. The van der Waals surface area contributed by atoms with Gasteiger partial charge in [-0.05, 0) is 63.1 Å². The Kier molecular flexibility index (Phi) is 6.53. The number of rotatable bonds is 7. The summed E-state index contributed by atoms with van der Waals surface area (Å²) in [6.45, 7) is 4.04. The van der Waals surface area contributed by atoms with Gasteiger partial charge in [0.05, 0.1) is 12.0 Å². The van der Waals surface area contributed by atoms with Crippen LogP contribution in [-0.4, -0.2) is 35.0 Å². The lowest BCUT2D eigenvalue weighted by atomic mass is 9.78. The number of carbonyl (C=O) groups is 1. The summed E-state index contributed by atoms with van der Waals surface area (Å²) in [5.74, 6) is 0.564. The number of benzene rings is 2. The second-order valence-electron chi connectivity index (χ2n) is 7.99. The lowest BCUT2D eigenvalue weighted by molar-refractivity contribution is 0.0942. The van der Waals surface area contributed by atoms with Crippen molar-refractivity contribution in [3.63, 3.8) is 0 Å². The minimum absolute atomic E-state index is 0.135. The van der Waals surface area contributed by atoms with E-state index in [0.717, 1.165) is 42.6 Å². The molecule has 0 saturated heterocycles. The van der Waals surface area contributed by atoms with E-state index in [1.807, 2.05) is 25.1 Å². The van der Waals surface area contributed by atoms with Crippen LogP contribution in [-0.2, 0) is 15.4 Å². The van der Waals surface area contributed by atoms with E-state index in [1.165, 1.54) is 13.1 Å². The molecule has 0 heterocycles. The Hall–Kier alpha value is -2.38. The number of hydrogen-bond acceptors (Lipinski definition) is 4. The summed E-state index contributed by atoms with van der Waals surface area (Å²) >= 11 is 0. The largest absolute Gasteiger partial charge is 0.496 e. The maximum Gasteiger partial charge on any atom is 0.251 e. The van der Waals surface area contributed by atoms with Gasteiger partial charge in [-0.2, -0.15) is 0 Å². The van der Waals surface area contributed by atoms with Gasteiger partial charge in [-0.3, -0.25) is 4.79 Å². The normalized spacial score (nSPS) is 15.7. The zero-order valence-electron chi connectivity index (χ0n) is 18.0. The minimum Gasteiger partial charge on any atom is -0.496 e. The lowest BCUT2D eigenvalue weighted by Crippen LogP contribution is -2.39. The van der Waals surface area contributed by atoms with Crippen LogP contribution >= 0.6 is 0 Å². The highest BCUT2D eigenvalue weighted by Crippen LogP contribution is 2.44. The Morgan fingerprint density at radius 1 is 1.13 bits per heavy atom. The highest BCUT2D eigenvalue weighted by molar-refractivity contribution is 7.89. The van der Waals surface area contributed by atoms with Crippen LogP contribution < -0.4 is 14.8 Å². The standard InChI is InChI=1S/C23H30N2O4S/c1-16-13-18(14-21(17(16)2)30(27,28)24-3)22(26)25-15-23(11-7-8-12-23)19-9-5-6-10-20(19)29-4/h5-6,9-10,13-14,24H,7-8,11-12,15H2,1-4H3,(H,25,26). The van der Waals surface area contributed by atoms with Gasteiger partial charge in [0, 0.05) is 23.1 Å². The van der Waals surface area contributed by atoms with Crippen LogP contribution in [0, 0.1) is 13.8 Å². The summed E-state index contributed by atoms with van der Waals surface area (Å²) in [5.41, 5.74) is 2.69. The Morgan fingerprint density at radius 3 is 2.43 bits per heavy atom. The number of methoxy groups -OCH3 is 1. The number of amides is 1. The molecule has 1 aliphatic rings. The van der Waals surface area contributed by atoms with Gasteiger partial charge in [0.15, 0.2) is 0 Å². The molecule has 1 fully saturated rings. The maximum absolute atomic E-state index is 13.0. The van der Waals surface area contributed by atoms with Crippen LogP contribution in [0.4, 0.5) is 0 Å². The van der Waals surface area contributed by atoms with E-state index >= 15 is 0 Å². The third kappa shape index (κ3) is 4.23. The van der Waals surface area contributed by atoms with Crippen LogP contribution in [0.3, 0.4) is 0 Å². The molecule has 3 rings (SSSR count). The van der Waals surface area contributed by atoms with Crippen LogP contribution in [0.1, 0.15) is 52.7 Å². The molecule has 0 spiro atoms. The molecule has 30 heavy (non-hydrogen) atoms. The number of para-hydroxylation sites is 1. The fraction of sp³-hybridized carbons (Fsp3) is 0.435. The van der Waals surface area contributed by atoms with E-state index in [9.17, 15) is 13.2 Å². The molecule has 2 aromatic rings. The molecular weight excluding hydrogens is 400 g/mol. The summed E-state index contributed by atoms with van der Waals surface area (Å²) < 4.78 is 32.6. The number of nitrogens with one attached hydrogen (secondary N) is 2. The molecule has 1 saturated carbocycles. The van der Waals surface area contributed by atoms with Crippen LogP contribution in [0.25, 0.3) is 0 Å². The van der Waals surface area contributed by atoms with E-state index in [2.05, 4.69) is 16.1 Å².